The fourth-order valence-electron chi connectivity index (χ4n) is 3.98. The van der Waals surface area contributed by atoms with Crippen molar-refractivity contribution in [2.45, 2.75) is 13.0 Å². The molecule has 1 N–H and O–H groups in total. The Hall–Kier alpha value is -3.97. The van der Waals surface area contributed by atoms with E-state index in [9.17, 15) is 9.59 Å². The summed E-state index contributed by atoms with van der Waals surface area (Å²) in [4.78, 5) is 26.4. The van der Waals surface area contributed by atoms with Crippen LogP contribution in [0.25, 0.3) is 5.69 Å². The molecule has 0 spiro atoms. The third kappa shape index (κ3) is 3.87. The molecule has 1 aliphatic rings. The van der Waals surface area contributed by atoms with E-state index in [2.05, 4.69) is 5.32 Å². The molecule has 0 radical (unpaired) electrons. The molecule has 7 nitrogen and oxygen atoms in total. The van der Waals surface area contributed by atoms with Gasteiger partial charge >= 0.3 is 0 Å². The topological polar surface area (TPSA) is 74.5 Å². The normalized spacial score (nSPS) is 11.8. The van der Waals surface area contributed by atoms with E-state index in [1.54, 1.807) is 42.1 Å². The third-order valence-corrected chi connectivity index (χ3v) is 5.67. The average Bonchev–Trinajstić information content (AvgIpc) is 3.08. The maximum atomic E-state index is 13.5. The summed E-state index contributed by atoms with van der Waals surface area (Å²) in [6.07, 6.45) is 0.371. The first-order valence-electron chi connectivity index (χ1n) is 10.3. The summed E-state index contributed by atoms with van der Waals surface area (Å²) in [5.41, 5.74) is 2.29. The van der Waals surface area contributed by atoms with Gasteiger partial charge in [0, 0.05) is 22.7 Å². The number of fused-ring (bicyclic) bond motifs is 2. The Balaban J connectivity index is 1.59. The molecule has 1 aromatic heterocycles. The van der Waals surface area contributed by atoms with Gasteiger partial charge in [-0.25, -0.2) is 9.36 Å². The lowest BCUT2D eigenvalue weighted by molar-refractivity contribution is -0.117. The zero-order valence-corrected chi connectivity index (χ0v) is 18.5. The van der Waals surface area contributed by atoms with E-state index in [0.717, 1.165) is 5.56 Å². The molecule has 0 saturated heterocycles. The highest BCUT2D eigenvalue weighted by atomic mass is 35.5. The molecule has 1 aliphatic heterocycles. The lowest BCUT2D eigenvalue weighted by atomic mass is 10.0. The lowest BCUT2D eigenvalue weighted by Crippen LogP contribution is -2.27. The predicted molar refractivity (Wildman–Crippen MR) is 126 cm³/mol. The number of hydrogen-bond acceptors (Lipinski definition) is 4. The molecule has 0 saturated carbocycles. The second-order valence-electron chi connectivity index (χ2n) is 7.58. The van der Waals surface area contributed by atoms with Crippen molar-refractivity contribution in [3.8, 4) is 23.1 Å². The number of aromatic nitrogens is 2. The van der Waals surface area contributed by atoms with Crippen molar-refractivity contribution in [3.05, 3.63) is 99.3 Å². The highest BCUT2D eigenvalue weighted by molar-refractivity contribution is 6.30. The van der Waals surface area contributed by atoms with Crippen LogP contribution < -0.4 is 20.3 Å². The van der Waals surface area contributed by atoms with Crippen molar-refractivity contribution >= 4 is 23.2 Å². The summed E-state index contributed by atoms with van der Waals surface area (Å²) in [6, 6.07) is 21.6. The summed E-state index contributed by atoms with van der Waals surface area (Å²) < 4.78 is 14.7. The first kappa shape index (κ1) is 20.9. The molecular weight excluding hydrogens is 442 g/mol. The van der Waals surface area contributed by atoms with Crippen LogP contribution in [0.4, 0.5) is 5.69 Å². The van der Waals surface area contributed by atoms with Gasteiger partial charge in [0.1, 0.15) is 6.54 Å². The minimum Gasteiger partial charge on any atom is -0.493 e. The summed E-state index contributed by atoms with van der Waals surface area (Å²) in [5, 5.41) is 3.34. The Morgan fingerprint density at radius 2 is 1.88 bits per heavy atom. The predicted octanol–water partition coefficient (Wildman–Crippen LogP) is 4.64. The Morgan fingerprint density at radius 1 is 1.09 bits per heavy atom. The largest absolute Gasteiger partial charge is 0.493 e. The summed E-state index contributed by atoms with van der Waals surface area (Å²) in [6.45, 7) is -0.142. The molecule has 5 rings (SSSR count). The van der Waals surface area contributed by atoms with E-state index in [-0.39, 0.29) is 18.0 Å². The molecule has 3 aromatic carbocycles. The number of carbonyl (C=O) groups is 1. The Kier molecular flexibility index (Phi) is 5.40. The Morgan fingerprint density at radius 3 is 2.64 bits per heavy atom. The number of halogens is 1. The van der Waals surface area contributed by atoms with Crippen molar-refractivity contribution in [1.29, 1.82) is 0 Å². The summed E-state index contributed by atoms with van der Waals surface area (Å²) in [7, 11) is 1.56. The number of nitrogens with zero attached hydrogens (tertiary/aromatic N) is 2. The molecule has 0 unspecified atom stereocenters. The van der Waals surface area contributed by atoms with Gasteiger partial charge in [-0.05, 0) is 36.4 Å². The van der Waals surface area contributed by atoms with Gasteiger partial charge < -0.3 is 14.8 Å². The van der Waals surface area contributed by atoms with Gasteiger partial charge in [-0.3, -0.25) is 9.59 Å². The number of carbonyl (C=O) groups excluding carboxylic acids is 1. The molecule has 0 aliphatic carbocycles. The third-order valence-electron chi connectivity index (χ3n) is 5.43. The van der Waals surface area contributed by atoms with Crippen LogP contribution in [0.15, 0.2) is 77.6 Å². The van der Waals surface area contributed by atoms with E-state index in [1.165, 1.54) is 4.68 Å². The zero-order valence-electron chi connectivity index (χ0n) is 17.7. The fraction of sp³-hybridized carbons (Fsp3) is 0.120. The number of para-hydroxylation sites is 2. The van der Waals surface area contributed by atoms with Crippen LogP contribution in [0.3, 0.4) is 0 Å². The first-order chi connectivity index (χ1) is 16.0. The number of benzene rings is 3. The number of anilines is 1. The smallest absolute Gasteiger partial charge is 0.278 e. The number of methoxy groups -OCH3 is 1. The van der Waals surface area contributed by atoms with Gasteiger partial charge in [0.2, 0.25) is 11.8 Å². The molecule has 0 bridgehead atoms. The Labute approximate surface area is 194 Å². The molecule has 4 aromatic rings. The minimum absolute atomic E-state index is 0.142. The van der Waals surface area contributed by atoms with Gasteiger partial charge in [-0.2, -0.15) is 0 Å². The number of hydrogen-bond donors (Lipinski definition) is 1. The second kappa shape index (κ2) is 8.52. The fourth-order valence-corrected chi connectivity index (χ4v) is 4.17. The number of rotatable bonds is 5. The second-order valence-corrected chi connectivity index (χ2v) is 8.02. The van der Waals surface area contributed by atoms with Crippen LogP contribution >= 0.6 is 11.6 Å². The SMILES string of the molecule is COc1cccc2c1Oc1c(c(=O)n(-c3ccccc3)n1CC(=O)Nc1cccc(Cl)c1)C2. The number of ether oxygens (including phenoxy) is 2. The van der Waals surface area contributed by atoms with Gasteiger partial charge in [0.15, 0.2) is 11.5 Å². The van der Waals surface area contributed by atoms with Crippen molar-refractivity contribution in [3.63, 3.8) is 0 Å². The van der Waals surface area contributed by atoms with Crippen LogP contribution in [0.1, 0.15) is 11.1 Å². The zero-order chi connectivity index (χ0) is 22.9. The van der Waals surface area contributed by atoms with Gasteiger partial charge in [0.05, 0.1) is 18.4 Å². The van der Waals surface area contributed by atoms with E-state index >= 15 is 0 Å². The van der Waals surface area contributed by atoms with Crippen LogP contribution in [0, 0.1) is 0 Å². The van der Waals surface area contributed by atoms with E-state index in [0.29, 0.717) is 45.8 Å². The number of amides is 1. The molecule has 8 heteroatoms. The average molecular weight is 462 g/mol. The van der Waals surface area contributed by atoms with Crippen molar-refractivity contribution in [2.24, 2.45) is 0 Å². The first-order valence-corrected chi connectivity index (χ1v) is 10.7. The standard InChI is InChI=1S/C25H20ClN3O4/c1-32-21-12-5-7-16-13-20-24(31)29(19-10-3-2-4-11-19)28(25(20)33-23(16)21)15-22(30)27-18-9-6-8-17(26)14-18/h2-12,14H,13,15H2,1H3,(H,27,30). The van der Waals surface area contributed by atoms with Gasteiger partial charge in [-0.15, -0.1) is 0 Å². The van der Waals surface area contributed by atoms with Crippen LogP contribution in [0.5, 0.6) is 17.4 Å². The monoisotopic (exact) mass is 461 g/mol. The highest BCUT2D eigenvalue weighted by Gasteiger charge is 2.30. The van der Waals surface area contributed by atoms with E-state index < -0.39 is 0 Å². The molecule has 2 heterocycles. The van der Waals surface area contributed by atoms with Crippen molar-refractivity contribution in [1.82, 2.24) is 9.36 Å². The molecule has 1 amide bonds. The molecule has 166 valence electrons. The van der Waals surface area contributed by atoms with Gasteiger partial charge in [-0.1, -0.05) is 48.0 Å². The number of nitrogens with one attached hydrogen (secondary N) is 1. The van der Waals surface area contributed by atoms with Crippen LogP contribution in [-0.2, 0) is 17.8 Å². The minimum atomic E-state index is -0.325. The van der Waals surface area contributed by atoms with Crippen LogP contribution in [0.2, 0.25) is 5.02 Å². The van der Waals surface area contributed by atoms with E-state index in [1.807, 2.05) is 42.5 Å². The summed E-state index contributed by atoms with van der Waals surface area (Å²) >= 11 is 6.03. The quantitative estimate of drug-likeness (QED) is 0.414. The van der Waals surface area contributed by atoms with E-state index in [4.69, 9.17) is 21.1 Å². The molecular formula is C25H20ClN3O4. The van der Waals surface area contributed by atoms with Crippen LogP contribution in [-0.4, -0.2) is 22.4 Å². The maximum absolute atomic E-state index is 13.5. The summed E-state index contributed by atoms with van der Waals surface area (Å²) in [5.74, 6) is 1.10. The molecule has 0 atom stereocenters. The lowest BCUT2D eigenvalue weighted by Gasteiger charge is -2.21. The highest BCUT2D eigenvalue weighted by Crippen LogP contribution is 2.41. The van der Waals surface area contributed by atoms with Gasteiger partial charge in [0.25, 0.3) is 5.56 Å². The maximum Gasteiger partial charge on any atom is 0.278 e. The Bertz CT molecular complexity index is 1410. The van der Waals surface area contributed by atoms with Crippen molar-refractivity contribution < 1.29 is 14.3 Å². The molecule has 0 fully saturated rings. The van der Waals surface area contributed by atoms with Crippen molar-refractivity contribution in [2.75, 3.05) is 12.4 Å². The molecule has 33 heavy (non-hydrogen) atoms.